The summed E-state index contributed by atoms with van der Waals surface area (Å²) in [4.78, 5) is 4.58. The molecule has 2 unspecified atom stereocenters. The van der Waals surface area contributed by atoms with Gasteiger partial charge in [-0.25, -0.2) is 4.98 Å². The maximum absolute atomic E-state index is 4.58. The van der Waals surface area contributed by atoms with Gasteiger partial charge >= 0.3 is 0 Å². The van der Waals surface area contributed by atoms with Gasteiger partial charge in [-0.05, 0) is 36.8 Å². The minimum Gasteiger partial charge on any atom is -0.315 e. The van der Waals surface area contributed by atoms with E-state index in [1.807, 2.05) is 11.8 Å². The van der Waals surface area contributed by atoms with Gasteiger partial charge in [0.25, 0.3) is 0 Å². The summed E-state index contributed by atoms with van der Waals surface area (Å²) in [5.74, 6) is 0.985. The first-order valence-electron chi connectivity index (χ1n) is 6.73. The molecular formula is C13H23N3S2. The molecular weight excluding hydrogens is 262 g/mol. The first-order chi connectivity index (χ1) is 8.56. The Morgan fingerprint density at radius 2 is 2.28 bits per heavy atom. The molecule has 0 bridgehead atoms. The summed E-state index contributed by atoms with van der Waals surface area (Å²) in [7, 11) is 2.09. The maximum Gasteiger partial charge on any atom is 0.170 e. The number of nitrogens with zero attached hydrogens (tertiary/aromatic N) is 2. The van der Waals surface area contributed by atoms with Crippen LogP contribution in [-0.2, 0) is 6.42 Å². The molecule has 1 heterocycles. The Kier molecular flexibility index (Phi) is 4.67. The van der Waals surface area contributed by atoms with Crippen molar-refractivity contribution in [1.82, 2.24) is 14.7 Å². The van der Waals surface area contributed by atoms with Crippen LogP contribution in [0.4, 0.5) is 0 Å². The van der Waals surface area contributed by atoms with Crippen LogP contribution < -0.4 is 5.32 Å². The van der Waals surface area contributed by atoms with E-state index in [9.17, 15) is 0 Å². The van der Waals surface area contributed by atoms with Gasteiger partial charge < -0.3 is 5.32 Å². The SMILES string of the molecule is CCc1nsc(SC2CCCC(C)(C)C2NC)n1. The molecule has 3 nitrogen and oxygen atoms in total. The van der Waals surface area contributed by atoms with Gasteiger partial charge in [-0.3, -0.25) is 0 Å². The zero-order valence-corrected chi connectivity index (χ0v) is 13.3. The third-order valence-electron chi connectivity index (χ3n) is 3.85. The molecule has 0 aromatic carbocycles. The summed E-state index contributed by atoms with van der Waals surface area (Å²) in [6.07, 6.45) is 4.84. The first kappa shape index (κ1) is 14.3. The van der Waals surface area contributed by atoms with Crippen molar-refractivity contribution in [2.24, 2.45) is 5.41 Å². The first-order valence-corrected chi connectivity index (χ1v) is 8.38. The Bertz CT molecular complexity index is 389. The number of hydrogen-bond donors (Lipinski definition) is 1. The van der Waals surface area contributed by atoms with Crippen LogP contribution in [0.2, 0.25) is 0 Å². The topological polar surface area (TPSA) is 37.8 Å². The predicted octanol–water partition coefficient (Wildman–Crippen LogP) is 3.36. The van der Waals surface area contributed by atoms with E-state index in [4.69, 9.17) is 0 Å². The molecule has 1 N–H and O–H groups in total. The highest BCUT2D eigenvalue weighted by Gasteiger charge is 2.38. The smallest absolute Gasteiger partial charge is 0.170 e. The highest BCUT2D eigenvalue weighted by molar-refractivity contribution is 8.01. The van der Waals surface area contributed by atoms with Crippen LogP contribution in [0, 0.1) is 5.41 Å². The molecule has 1 saturated carbocycles. The molecule has 1 aliphatic rings. The fraction of sp³-hybridized carbons (Fsp3) is 0.846. The number of aryl methyl sites for hydroxylation is 1. The summed E-state index contributed by atoms with van der Waals surface area (Å²) in [5.41, 5.74) is 0.378. The van der Waals surface area contributed by atoms with Gasteiger partial charge in [0.1, 0.15) is 5.82 Å². The monoisotopic (exact) mass is 285 g/mol. The minimum absolute atomic E-state index is 0.378. The molecule has 2 rings (SSSR count). The van der Waals surface area contributed by atoms with Crippen LogP contribution in [0.5, 0.6) is 0 Å². The van der Waals surface area contributed by atoms with Crippen molar-refractivity contribution in [1.29, 1.82) is 0 Å². The second-order valence-electron chi connectivity index (χ2n) is 5.63. The molecule has 1 aromatic rings. The third kappa shape index (κ3) is 3.06. The Balaban J connectivity index is 2.07. The van der Waals surface area contributed by atoms with Crippen LogP contribution in [0.25, 0.3) is 0 Å². The van der Waals surface area contributed by atoms with Crippen molar-refractivity contribution in [3.05, 3.63) is 5.82 Å². The lowest BCUT2D eigenvalue weighted by molar-refractivity contribution is 0.182. The lowest BCUT2D eigenvalue weighted by Crippen LogP contribution is -2.49. The van der Waals surface area contributed by atoms with Crippen molar-refractivity contribution in [2.75, 3.05) is 7.05 Å². The number of hydrogen-bond acceptors (Lipinski definition) is 5. The Morgan fingerprint density at radius 3 is 2.89 bits per heavy atom. The predicted molar refractivity (Wildman–Crippen MR) is 79.4 cm³/mol. The van der Waals surface area contributed by atoms with Crippen molar-refractivity contribution in [2.45, 2.75) is 62.1 Å². The van der Waals surface area contributed by atoms with Gasteiger partial charge in [0.2, 0.25) is 0 Å². The summed E-state index contributed by atoms with van der Waals surface area (Å²) in [5, 5.41) is 4.14. The normalized spacial score (nSPS) is 27.3. The molecule has 102 valence electrons. The average molecular weight is 285 g/mol. The number of rotatable bonds is 4. The van der Waals surface area contributed by atoms with Crippen molar-refractivity contribution in [3.63, 3.8) is 0 Å². The Labute approximate surface area is 118 Å². The van der Waals surface area contributed by atoms with Crippen LogP contribution >= 0.6 is 23.3 Å². The molecule has 1 aromatic heterocycles. The second kappa shape index (κ2) is 5.88. The third-order valence-corrected chi connectivity index (χ3v) is 6.02. The molecule has 1 fully saturated rings. The average Bonchev–Trinajstić information content (AvgIpc) is 2.76. The van der Waals surface area contributed by atoms with Crippen LogP contribution in [0.3, 0.4) is 0 Å². The van der Waals surface area contributed by atoms with E-state index in [2.05, 4.69) is 42.5 Å². The zero-order valence-electron chi connectivity index (χ0n) is 11.7. The molecule has 5 heteroatoms. The molecule has 2 atom stereocenters. The quantitative estimate of drug-likeness (QED) is 0.920. The van der Waals surface area contributed by atoms with Crippen LogP contribution in [0.1, 0.15) is 45.9 Å². The Morgan fingerprint density at radius 1 is 1.50 bits per heavy atom. The van der Waals surface area contributed by atoms with E-state index in [0.29, 0.717) is 16.7 Å². The molecule has 0 radical (unpaired) electrons. The van der Waals surface area contributed by atoms with E-state index in [0.717, 1.165) is 16.6 Å². The molecule has 1 aliphatic carbocycles. The molecule has 0 saturated heterocycles. The van der Waals surface area contributed by atoms with Crippen LogP contribution in [0.15, 0.2) is 4.34 Å². The standard InChI is InChI=1S/C13H23N3S2/c1-5-10-15-12(18-16-10)17-9-7-6-8-13(2,3)11(9)14-4/h9,11,14H,5-8H2,1-4H3. The van der Waals surface area contributed by atoms with E-state index in [1.54, 1.807) is 11.5 Å². The highest BCUT2D eigenvalue weighted by Crippen LogP contribution is 2.42. The van der Waals surface area contributed by atoms with E-state index < -0.39 is 0 Å². The molecule has 18 heavy (non-hydrogen) atoms. The molecule has 0 spiro atoms. The van der Waals surface area contributed by atoms with Crippen LogP contribution in [-0.4, -0.2) is 27.7 Å². The fourth-order valence-electron chi connectivity index (χ4n) is 2.85. The summed E-state index contributed by atoms with van der Waals surface area (Å²) in [6.45, 7) is 6.85. The second-order valence-corrected chi connectivity index (χ2v) is 7.87. The fourth-order valence-corrected chi connectivity index (χ4v) is 5.34. The minimum atomic E-state index is 0.378. The largest absolute Gasteiger partial charge is 0.315 e. The number of nitrogens with one attached hydrogen (secondary N) is 1. The summed E-state index contributed by atoms with van der Waals surface area (Å²) < 4.78 is 5.51. The van der Waals surface area contributed by atoms with E-state index >= 15 is 0 Å². The number of thioether (sulfide) groups is 1. The Hall–Kier alpha value is -0.130. The van der Waals surface area contributed by atoms with Crippen molar-refractivity contribution in [3.8, 4) is 0 Å². The van der Waals surface area contributed by atoms with E-state index in [-0.39, 0.29) is 0 Å². The highest BCUT2D eigenvalue weighted by atomic mass is 32.2. The number of aromatic nitrogens is 2. The van der Waals surface area contributed by atoms with Crippen molar-refractivity contribution >= 4 is 23.3 Å². The van der Waals surface area contributed by atoms with Crippen molar-refractivity contribution < 1.29 is 0 Å². The lowest BCUT2D eigenvalue weighted by Gasteiger charge is -2.43. The zero-order chi connectivity index (χ0) is 13.2. The molecule has 0 aliphatic heterocycles. The van der Waals surface area contributed by atoms with Gasteiger partial charge in [0, 0.05) is 17.7 Å². The van der Waals surface area contributed by atoms with Gasteiger partial charge in [-0.2, -0.15) is 4.37 Å². The maximum atomic E-state index is 4.58. The summed E-state index contributed by atoms with van der Waals surface area (Å²) >= 11 is 3.47. The van der Waals surface area contributed by atoms with E-state index in [1.165, 1.54) is 19.3 Å². The van der Waals surface area contributed by atoms with Gasteiger partial charge in [0.05, 0.1) is 0 Å². The molecule has 0 amide bonds. The van der Waals surface area contributed by atoms with Gasteiger partial charge in [-0.15, -0.1) is 0 Å². The lowest BCUT2D eigenvalue weighted by atomic mass is 9.73. The van der Waals surface area contributed by atoms with Gasteiger partial charge in [-0.1, -0.05) is 39.0 Å². The van der Waals surface area contributed by atoms with Gasteiger partial charge in [0.15, 0.2) is 4.34 Å². The summed E-state index contributed by atoms with van der Waals surface area (Å²) in [6, 6.07) is 0.560.